The summed E-state index contributed by atoms with van der Waals surface area (Å²) in [5.41, 5.74) is 1.18. The third-order valence-electron chi connectivity index (χ3n) is 3.56. The van der Waals surface area contributed by atoms with E-state index in [9.17, 15) is 19.2 Å². The van der Waals surface area contributed by atoms with Crippen LogP contribution in [0.1, 0.15) is 18.9 Å². The van der Waals surface area contributed by atoms with Crippen LogP contribution in [0, 0.1) is 0 Å². The van der Waals surface area contributed by atoms with Gasteiger partial charge in [-0.05, 0) is 25.3 Å². The average Bonchev–Trinajstić information content (AvgIpc) is 2.76. The number of urea groups is 1. The Hall–Kier alpha value is -2.70. The Kier molecular flexibility index (Phi) is 5.46. The summed E-state index contributed by atoms with van der Waals surface area (Å²) in [6.45, 7) is 1.72. The molecule has 0 aliphatic carbocycles. The number of carbonyl (C=O) groups is 4. The lowest BCUT2D eigenvalue weighted by Crippen LogP contribution is -2.41. The van der Waals surface area contributed by atoms with Crippen LogP contribution in [0.25, 0.3) is 0 Å². The smallest absolute Gasteiger partial charge is 0.334 e. The third kappa shape index (κ3) is 3.94. The summed E-state index contributed by atoms with van der Waals surface area (Å²) in [6.07, 6.45) is 1.57. The topological polar surface area (TPSA) is 86.8 Å². The fourth-order valence-electron chi connectivity index (χ4n) is 2.33. The zero-order chi connectivity index (χ0) is 16.8. The molecular formula is C16H19N3O4. The van der Waals surface area contributed by atoms with Gasteiger partial charge in [-0.2, -0.15) is 0 Å². The number of nitrogens with zero attached hydrogens (tertiary/aromatic N) is 2. The number of hydrogen-bond donors (Lipinski definition) is 1. The molecule has 1 aliphatic heterocycles. The lowest BCUT2D eigenvalue weighted by molar-refractivity contribution is -0.143. The molecule has 0 radical (unpaired) electrons. The molecule has 7 heteroatoms. The lowest BCUT2D eigenvalue weighted by Gasteiger charge is -2.13. The molecule has 0 spiro atoms. The summed E-state index contributed by atoms with van der Waals surface area (Å²) >= 11 is 0. The maximum absolute atomic E-state index is 11.8. The Morgan fingerprint density at radius 1 is 1.04 bits per heavy atom. The minimum absolute atomic E-state index is 0.110. The van der Waals surface area contributed by atoms with Crippen molar-refractivity contribution in [2.24, 2.45) is 0 Å². The molecule has 23 heavy (non-hydrogen) atoms. The van der Waals surface area contributed by atoms with Crippen LogP contribution in [-0.2, 0) is 20.8 Å². The number of hydrogen-bond acceptors (Lipinski definition) is 4. The van der Waals surface area contributed by atoms with Crippen LogP contribution >= 0.6 is 0 Å². The molecule has 0 atom stereocenters. The second kappa shape index (κ2) is 7.53. The van der Waals surface area contributed by atoms with E-state index in [1.54, 1.807) is 6.92 Å². The molecule has 1 fully saturated rings. The average molecular weight is 317 g/mol. The van der Waals surface area contributed by atoms with E-state index in [-0.39, 0.29) is 6.54 Å². The summed E-state index contributed by atoms with van der Waals surface area (Å²) in [5.74, 6) is -2.28. The van der Waals surface area contributed by atoms with Crippen molar-refractivity contribution in [1.82, 2.24) is 15.1 Å². The highest BCUT2D eigenvalue weighted by Gasteiger charge is 2.44. The van der Waals surface area contributed by atoms with Gasteiger partial charge in [0.15, 0.2) is 0 Å². The third-order valence-corrected chi connectivity index (χ3v) is 3.56. The van der Waals surface area contributed by atoms with Crippen molar-refractivity contribution < 1.29 is 19.2 Å². The number of amides is 5. The van der Waals surface area contributed by atoms with Gasteiger partial charge in [0, 0.05) is 13.1 Å². The van der Waals surface area contributed by atoms with Gasteiger partial charge >= 0.3 is 17.8 Å². The Bertz CT molecular complexity index is 615. The molecule has 0 aromatic heterocycles. The Morgan fingerprint density at radius 2 is 1.70 bits per heavy atom. The zero-order valence-electron chi connectivity index (χ0n) is 12.9. The highest BCUT2D eigenvalue weighted by atomic mass is 16.2. The number of nitrogens with one attached hydrogen (secondary N) is 1. The molecule has 1 heterocycles. The summed E-state index contributed by atoms with van der Waals surface area (Å²) in [5, 5.41) is 2.65. The van der Waals surface area contributed by atoms with E-state index in [4.69, 9.17) is 0 Å². The van der Waals surface area contributed by atoms with Crippen LogP contribution in [0.4, 0.5) is 4.79 Å². The number of imide groups is 2. The van der Waals surface area contributed by atoms with E-state index in [0.717, 1.165) is 17.7 Å². The molecule has 1 aromatic carbocycles. The van der Waals surface area contributed by atoms with Gasteiger partial charge in [-0.1, -0.05) is 30.3 Å². The Balaban J connectivity index is 1.76. The molecule has 1 aliphatic rings. The van der Waals surface area contributed by atoms with Crippen LogP contribution in [-0.4, -0.2) is 53.2 Å². The zero-order valence-corrected chi connectivity index (χ0v) is 12.9. The fourth-order valence-corrected chi connectivity index (χ4v) is 2.33. The molecule has 0 unspecified atom stereocenters. The van der Waals surface area contributed by atoms with Crippen LogP contribution in [0.15, 0.2) is 30.3 Å². The normalized spacial score (nSPS) is 14.6. The highest BCUT2D eigenvalue weighted by Crippen LogP contribution is 2.10. The van der Waals surface area contributed by atoms with E-state index in [2.05, 4.69) is 5.32 Å². The largest absolute Gasteiger partial charge is 0.355 e. The lowest BCUT2D eigenvalue weighted by atomic mass is 10.1. The number of benzene rings is 1. The molecule has 5 amide bonds. The van der Waals surface area contributed by atoms with Gasteiger partial charge in [0.1, 0.15) is 6.54 Å². The first-order valence-electron chi connectivity index (χ1n) is 7.52. The molecule has 1 saturated heterocycles. The van der Waals surface area contributed by atoms with Crippen molar-refractivity contribution in [2.45, 2.75) is 19.8 Å². The molecule has 1 aromatic rings. The van der Waals surface area contributed by atoms with E-state index < -0.39 is 30.3 Å². The van der Waals surface area contributed by atoms with Crippen LogP contribution in [0.2, 0.25) is 0 Å². The molecule has 0 saturated carbocycles. The predicted octanol–water partition coefficient (Wildman–Crippen LogP) is 0.546. The number of aryl methyl sites for hydroxylation is 1. The van der Waals surface area contributed by atoms with Crippen molar-refractivity contribution in [1.29, 1.82) is 0 Å². The summed E-state index contributed by atoms with van der Waals surface area (Å²) in [6, 6.07) is 9.13. The van der Waals surface area contributed by atoms with E-state index in [1.807, 2.05) is 30.3 Å². The van der Waals surface area contributed by atoms with Gasteiger partial charge in [-0.25, -0.2) is 9.69 Å². The van der Waals surface area contributed by atoms with E-state index in [1.165, 1.54) is 5.56 Å². The maximum Gasteiger partial charge on any atom is 0.334 e. The van der Waals surface area contributed by atoms with E-state index in [0.29, 0.717) is 11.4 Å². The second-order valence-electron chi connectivity index (χ2n) is 5.16. The SMILES string of the molecule is CCN1C(=O)C(=O)N(CC(=O)NCCCc2ccccc2)C1=O. The van der Waals surface area contributed by atoms with Gasteiger partial charge in [-0.3, -0.25) is 19.3 Å². The van der Waals surface area contributed by atoms with Crippen LogP contribution < -0.4 is 5.32 Å². The van der Waals surface area contributed by atoms with Crippen molar-refractivity contribution in [2.75, 3.05) is 19.6 Å². The fraction of sp³-hybridized carbons (Fsp3) is 0.375. The second-order valence-corrected chi connectivity index (χ2v) is 5.16. The van der Waals surface area contributed by atoms with Crippen molar-refractivity contribution in [3.63, 3.8) is 0 Å². The minimum Gasteiger partial charge on any atom is -0.355 e. The monoisotopic (exact) mass is 317 g/mol. The van der Waals surface area contributed by atoms with Gasteiger partial charge in [0.2, 0.25) is 5.91 Å². The standard InChI is InChI=1S/C16H19N3O4/c1-2-18-14(21)15(22)19(16(18)23)11-13(20)17-10-6-9-12-7-4-3-5-8-12/h3-5,7-8H,2,6,9-11H2,1H3,(H,17,20). The van der Waals surface area contributed by atoms with Crippen molar-refractivity contribution in [3.05, 3.63) is 35.9 Å². The predicted molar refractivity (Wildman–Crippen MR) is 82.3 cm³/mol. The summed E-state index contributed by atoms with van der Waals surface area (Å²) in [4.78, 5) is 48.4. The van der Waals surface area contributed by atoms with Crippen LogP contribution in [0.3, 0.4) is 0 Å². The summed E-state index contributed by atoms with van der Waals surface area (Å²) < 4.78 is 0. The van der Waals surface area contributed by atoms with Crippen molar-refractivity contribution >= 4 is 23.8 Å². The van der Waals surface area contributed by atoms with Gasteiger partial charge < -0.3 is 5.32 Å². The Labute approximate surface area is 134 Å². The molecule has 1 N–H and O–H groups in total. The van der Waals surface area contributed by atoms with Gasteiger partial charge in [0.05, 0.1) is 0 Å². The quantitative estimate of drug-likeness (QED) is 0.452. The summed E-state index contributed by atoms with van der Waals surface area (Å²) in [7, 11) is 0. The Morgan fingerprint density at radius 3 is 2.30 bits per heavy atom. The van der Waals surface area contributed by atoms with E-state index >= 15 is 0 Å². The molecule has 0 bridgehead atoms. The number of likely N-dealkylation sites (N-methyl/N-ethyl adjacent to an activating group) is 1. The molecular weight excluding hydrogens is 298 g/mol. The number of carbonyl (C=O) groups excluding carboxylic acids is 4. The maximum atomic E-state index is 11.8. The minimum atomic E-state index is -0.948. The molecule has 2 rings (SSSR count). The van der Waals surface area contributed by atoms with Gasteiger partial charge in [0.25, 0.3) is 0 Å². The first kappa shape index (κ1) is 16.7. The van der Waals surface area contributed by atoms with Gasteiger partial charge in [-0.15, -0.1) is 0 Å². The molecule has 7 nitrogen and oxygen atoms in total. The van der Waals surface area contributed by atoms with Crippen molar-refractivity contribution in [3.8, 4) is 0 Å². The number of rotatable bonds is 7. The first-order chi connectivity index (χ1) is 11.0. The molecule has 122 valence electrons. The highest BCUT2D eigenvalue weighted by molar-refractivity contribution is 6.45. The van der Waals surface area contributed by atoms with Crippen LogP contribution in [0.5, 0.6) is 0 Å². The first-order valence-corrected chi connectivity index (χ1v) is 7.52.